The number of para-hydroxylation sites is 1. The van der Waals surface area contributed by atoms with E-state index in [-0.39, 0.29) is 11.4 Å². The van der Waals surface area contributed by atoms with Crippen molar-refractivity contribution in [2.24, 2.45) is 21.7 Å². The van der Waals surface area contributed by atoms with Crippen LogP contribution >= 0.6 is 0 Å². The number of hydrogen-bond donors (Lipinski definition) is 2. The van der Waals surface area contributed by atoms with E-state index in [1.165, 1.54) is 5.56 Å². The van der Waals surface area contributed by atoms with Crippen LogP contribution in [0.2, 0.25) is 0 Å². The van der Waals surface area contributed by atoms with Gasteiger partial charge in [0.1, 0.15) is 11.5 Å². The summed E-state index contributed by atoms with van der Waals surface area (Å²) in [5.74, 6) is 1.38. The maximum Gasteiger partial charge on any atom is 0.211 e. The third kappa shape index (κ3) is 4.85. The molecule has 0 aromatic heterocycles. The van der Waals surface area contributed by atoms with Crippen molar-refractivity contribution in [1.82, 2.24) is 0 Å². The molecular weight excluding hydrogens is 288 g/mol. The van der Waals surface area contributed by atoms with Gasteiger partial charge in [0.2, 0.25) is 5.96 Å². The topological polar surface area (TPSA) is 86.0 Å². The highest BCUT2D eigenvalue weighted by Crippen LogP contribution is 2.29. The van der Waals surface area contributed by atoms with Gasteiger partial charge in [0.15, 0.2) is 0 Å². The minimum absolute atomic E-state index is 0.0632. The lowest BCUT2D eigenvalue weighted by Crippen LogP contribution is -2.21. The first kappa shape index (κ1) is 16.5. The summed E-state index contributed by atoms with van der Waals surface area (Å²) in [4.78, 5) is 0. The predicted molar refractivity (Wildman–Crippen MR) is 95.1 cm³/mol. The summed E-state index contributed by atoms with van der Waals surface area (Å²) in [5, 5.41) is 7.43. The van der Waals surface area contributed by atoms with Crippen LogP contribution in [0.1, 0.15) is 31.9 Å². The Morgan fingerprint density at radius 2 is 1.78 bits per heavy atom. The third-order valence-electron chi connectivity index (χ3n) is 3.22. The predicted octanol–water partition coefficient (Wildman–Crippen LogP) is 3.38. The molecule has 2 aromatic rings. The van der Waals surface area contributed by atoms with Gasteiger partial charge in [-0.15, -0.1) is 5.10 Å². The van der Waals surface area contributed by atoms with Crippen LogP contribution in [0.5, 0.6) is 11.5 Å². The number of ether oxygens (including phenoxy) is 1. The van der Waals surface area contributed by atoms with E-state index in [0.717, 1.165) is 11.3 Å². The fourth-order valence-electron chi connectivity index (χ4n) is 1.99. The van der Waals surface area contributed by atoms with E-state index < -0.39 is 0 Å². The van der Waals surface area contributed by atoms with E-state index in [4.69, 9.17) is 16.2 Å². The first-order valence-corrected chi connectivity index (χ1v) is 7.35. The summed E-state index contributed by atoms with van der Waals surface area (Å²) in [6, 6.07) is 15.6. The highest BCUT2D eigenvalue weighted by molar-refractivity contribution is 5.84. The highest BCUT2D eigenvalue weighted by Gasteiger charge is 2.14. The van der Waals surface area contributed by atoms with Crippen LogP contribution in [-0.4, -0.2) is 12.2 Å². The van der Waals surface area contributed by atoms with E-state index in [2.05, 4.69) is 37.0 Å². The maximum atomic E-state index is 6.00. The Kier molecular flexibility index (Phi) is 5.01. The molecule has 120 valence electrons. The third-order valence-corrected chi connectivity index (χ3v) is 3.22. The van der Waals surface area contributed by atoms with E-state index in [1.807, 2.05) is 42.5 Å². The van der Waals surface area contributed by atoms with Crippen LogP contribution < -0.4 is 16.2 Å². The van der Waals surface area contributed by atoms with Crippen molar-refractivity contribution >= 4 is 12.2 Å². The summed E-state index contributed by atoms with van der Waals surface area (Å²) in [6.45, 7) is 6.51. The van der Waals surface area contributed by atoms with Gasteiger partial charge in [0, 0.05) is 5.56 Å². The number of nitrogens with zero attached hydrogens (tertiary/aromatic N) is 2. The van der Waals surface area contributed by atoms with Crippen LogP contribution in [0.4, 0.5) is 0 Å². The molecule has 0 unspecified atom stereocenters. The van der Waals surface area contributed by atoms with Gasteiger partial charge in [-0.05, 0) is 35.2 Å². The van der Waals surface area contributed by atoms with Crippen molar-refractivity contribution in [1.29, 1.82) is 0 Å². The second-order valence-electron chi connectivity index (χ2n) is 6.19. The number of nitrogens with two attached hydrogens (primary N) is 2. The quantitative estimate of drug-likeness (QED) is 0.515. The molecule has 5 nitrogen and oxygen atoms in total. The Morgan fingerprint density at radius 3 is 2.48 bits per heavy atom. The van der Waals surface area contributed by atoms with Crippen molar-refractivity contribution in [3.8, 4) is 11.5 Å². The minimum atomic E-state index is -0.0856. The van der Waals surface area contributed by atoms with Gasteiger partial charge < -0.3 is 16.2 Å². The van der Waals surface area contributed by atoms with E-state index in [1.54, 1.807) is 6.21 Å². The minimum Gasteiger partial charge on any atom is -0.457 e. The molecule has 0 aliphatic carbocycles. The number of rotatable bonds is 4. The summed E-state index contributed by atoms with van der Waals surface area (Å²) >= 11 is 0. The monoisotopic (exact) mass is 310 g/mol. The largest absolute Gasteiger partial charge is 0.457 e. The molecular formula is C18H22N4O. The lowest BCUT2D eigenvalue weighted by Gasteiger charge is -2.20. The smallest absolute Gasteiger partial charge is 0.211 e. The standard InChI is InChI=1S/C18H22N4O/c1-18(2,3)14-8-6-9-15(11-14)23-16-10-5-4-7-13(16)12-21-22-17(19)20/h4-12H,1-3H3,(H4,19,20,22). The number of guanidine groups is 1. The summed E-state index contributed by atoms with van der Waals surface area (Å²) in [6.07, 6.45) is 1.56. The number of benzene rings is 2. The first-order valence-electron chi connectivity index (χ1n) is 7.35. The molecule has 23 heavy (non-hydrogen) atoms. The Balaban J connectivity index is 2.27. The maximum absolute atomic E-state index is 6.00. The summed E-state index contributed by atoms with van der Waals surface area (Å²) in [7, 11) is 0. The molecule has 0 amide bonds. The van der Waals surface area contributed by atoms with Gasteiger partial charge in [-0.2, -0.15) is 5.10 Å². The lowest BCUT2D eigenvalue weighted by atomic mass is 9.87. The molecule has 2 rings (SSSR count). The Labute approximate surface area is 136 Å². The fraction of sp³-hybridized carbons (Fsp3) is 0.222. The van der Waals surface area contributed by atoms with E-state index in [0.29, 0.717) is 5.75 Å². The molecule has 2 aromatic carbocycles. The fourth-order valence-corrected chi connectivity index (χ4v) is 1.99. The average molecular weight is 310 g/mol. The van der Waals surface area contributed by atoms with Gasteiger partial charge in [0.25, 0.3) is 0 Å². The second kappa shape index (κ2) is 6.96. The van der Waals surface area contributed by atoms with Crippen LogP contribution in [0.15, 0.2) is 58.7 Å². The molecule has 0 atom stereocenters. The zero-order valence-electron chi connectivity index (χ0n) is 13.7. The van der Waals surface area contributed by atoms with Crippen LogP contribution in [-0.2, 0) is 5.41 Å². The van der Waals surface area contributed by atoms with Gasteiger partial charge in [-0.1, -0.05) is 45.0 Å². The Morgan fingerprint density at radius 1 is 1.04 bits per heavy atom. The average Bonchev–Trinajstić information content (AvgIpc) is 2.48. The SMILES string of the molecule is CC(C)(C)c1cccc(Oc2ccccc2C=NN=C(N)N)c1. The molecule has 0 saturated carbocycles. The van der Waals surface area contributed by atoms with Crippen molar-refractivity contribution in [2.45, 2.75) is 26.2 Å². The molecule has 4 N–H and O–H groups in total. The van der Waals surface area contributed by atoms with Crippen molar-refractivity contribution < 1.29 is 4.74 Å². The molecule has 0 radical (unpaired) electrons. The summed E-state index contributed by atoms with van der Waals surface area (Å²) in [5.41, 5.74) is 12.6. The highest BCUT2D eigenvalue weighted by atomic mass is 16.5. The molecule has 0 aliphatic rings. The van der Waals surface area contributed by atoms with E-state index in [9.17, 15) is 0 Å². The zero-order chi connectivity index (χ0) is 16.9. The van der Waals surface area contributed by atoms with Crippen molar-refractivity contribution in [3.05, 3.63) is 59.7 Å². The number of hydrogen-bond acceptors (Lipinski definition) is 3. The molecule has 0 saturated heterocycles. The molecule has 0 heterocycles. The van der Waals surface area contributed by atoms with Gasteiger partial charge in [0.05, 0.1) is 6.21 Å². The van der Waals surface area contributed by atoms with Crippen LogP contribution in [0, 0.1) is 0 Å². The molecule has 0 bridgehead atoms. The van der Waals surface area contributed by atoms with Crippen LogP contribution in [0.25, 0.3) is 0 Å². The summed E-state index contributed by atoms with van der Waals surface area (Å²) < 4.78 is 6.00. The molecule has 5 heteroatoms. The van der Waals surface area contributed by atoms with Crippen molar-refractivity contribution in [2.75, 3.05) is 0 Å². The first-order chi connectivity index (χ1) is 10.9. The van der Waals surface area contributed by atoms with Gasteiger partial charge in [-0.25, -0.2) is 0 Å². The normalized spacial score (nSPS) is 11.4. The lowest BCUT2D eigenvalue weighted by molar-refractivity contribution is 0.478. The van der Waals surface area contributed by atoms with Gasteiger partial charge in [-0.3, -0.25) is 0 Å². The Bertz CT molecular complexity index is 726. The second-order valence-corrected chi connectivity index (χ2v) is 6.19. The van der Waals surface area contributed by atoms with Crippen LogP contribution in [0.3, 0.4) is 0 Å². The van der Waals surface area contributed by atoms with Crippen molar-refractivity contribution in [3.63, 3.8) is 0 Å². The molecule has 0 fully saturated rings. The molecule has 0 spiro atoms. The molecule has 0 aliphatic heterocycles. The van der Waals surface area contributed by atoms with E-state index >= 15 is 0 Å². The Hall–Kier alpha value is -2.82. The zero-order valence-corrected chi connectivity index (χ0v) is 13.7. The van der Waals surface area contributed by atoms with Gasteiger partial charge >= 0.3 is 0 Å².